The van der Waals surface area contributed by atoms with Gasteiger partial charge in [-0.3, -0.25) is 24.4 Å². The van der Waals surface area contributed by atoms with Crippen LogP contribution in [-0.2, 0) is 31.6 Å². The van der Waals surface area contributed by atoms with Crippen LogP contribution in [-0.4, -0.2) is 43.4 Å². The molecule has 0 aliphatic carbocycles. The van der Waals surface area contributed by atoms with E-state index in [1.54, 1.807) is 33.2 Å². The number of thioether (sulfide) groups is 3. The topological polar surface area (TPSA) is 106 Å². The molecule has 0 amide bonds. The zero-order valence-corrected chi connectivity index (χ0v) is 52.3. The zero-order chi connectivity index (χ0) is 61.1. The van der Waals surface area contributed by atoms with Gasteiger partial charge in [0.05, 0.1) is 22.1 Å². The number of nitrogens with zero attached hydrogens (tertiary/aromatic N) is 3. The fourth-order valence-corrected chi connectivity index (χ4v) is 17.1. The van der Waals surface area contributed by atoms with Crippen molar-refractivity contribution in [1.29, 1.82) is 0 Å². The molecule has 0 fully saturated rings. The summed E-state index contributed by atoms with van der Waals surface area (Å²) in [6.07, 6.45) is 3.59. The second-order valence-corrected chi connectivity index (χ2v) is 28.5. The minimum Gasteiger partial charge on any atom is -0.337 e. The first-order valence-corrected chi connectivity index (χ1v) is 33.8. The highest BCUT2D eigenvalue weighted by Crippen LogP contribution is 2.33. The maximum atomic E-state index is 11.7. The molecule has 0 aliphatic rings. The van der Waals surface area contributed by atoms with Gasteiger partial charge in [0.25, 0.3) is 0 Å². The van der Waals surface area contributed by atoms with Crippen LogP contribution in [0.5, 0.6) is 0 Å². The molecule has 3 heterocycles. The molecular formula is C78H54N4O3S3Si. The van der Waals surface area contributed by atoms with Crippen molar-refractivity contribution >= 4 is 112 Å². The Bertz CT molecular complexity index is 4590. The van der Waals surface area contributed by atoms with Gasteiger partial charge >= 0.3 is 0 Å². The lowest BCUT2D eigenvalue weighted by Gasteiger charge is -2.34. The van der Waals surface area contributed by atoms with Gasteiger partial charge in [-0.2, -0.15) is 0 Å². The van der Waals surface area contributed by atoms with Gasteiger partial charge in [0.1, 0.15) is 5.82 Å². The van der Waals surface area contributed by atoms with Gasteiger partial charge in [-0.25, -0.2) is 4.98 Å². The SMILES string of the molecule is CC(=O)SCc1cccc(C#Cc2ccc([Si](c3ccc(C#Cc4ccc(-c5nc6c7cccnc7c7ncccc7c6[nH]5)cc4)cc3)(c3ccc(C#Cc4cccc(CSC(C)=O)c4)cc3)c3ccc(C#Cc4cccc(CSC(C)=O)c4)cc3)cc2)c1. The summed E-state index contributed by atoms with van der Waals surface area (Å²) in [5.74, 6) is 29.8. The first-order chi connectivity index (χ1) is 43.5. The van der Waals surface area contributed by atoms with E-state index in [9.17, 15) is 14.4 Å². The van der Waals surface area contributed by atoms with E-state index in [0.717, 1.165) is 126 Å². The number of pyridine rings is 2. The van der Waals surface area contributed by atoms with Gasteiger partial charge in [-0.05, 0) is 159 Å². The molecule has 9 aromatic carbocycles. The molecule has 0 spiro atoms. The summed E-state index contributed by atoms with van der Waals surface area (Å²) < 4.78 is 0. The van der Waals surface area contributed by atoms with Gasteiger partial charge in [-0.15, -0.1) is 0 Å². The number of hydrogen-bond donors (Lipinski definition) is 1. The molecule has 1 N–H and O–H groups in total. The average Bonchev–Trinajstić information content (AvgIpc) is 1.99. The Kier molecular flexibility index (Phi) is 18.1. The predicted octanol–water partition coefficient (Wildman–Crippen LogP) is 13.6. The van der Waals surface area contributed by atoms with E-state index in [0.29, 0.717) is 17.3 Å². The Balaban J connectivity index is 0.919. The van der Waals surface area contributed by atoms with E-state index < -0.39 is 8.07 Å². The summed E-state index contributed by atoms with van der Waals surface area (Å²) >= 11 is 3.87. The third kappa shape index (κ3) is 14.0. The number of benzene rings is 9. The van der Waals surface area contributed by atoms with Crippen molar-refractivity contribution in [2.24, 2.45) is 0 Å². The number of aromatic amines is 1. The van der Waals surface area contributed by atoms with Crippen LogP contribution in [0.4, 0.5) is 0 Å². The van der Waals surface area contributed by atoms with Crippen molar-refractivity contribution in [1.82, 2.24) is 19.9 Å². The second kappa shape index (κ2) is 27.2. The molecule has 12 rings (SSSR count). The first kappa shape index (κ1) is 59.1. The summed E-state index contributed by atoms with van der Waals surface area (Å²) in [5, 5.41) is 6.79. The lowest BCUT2D eigenvalue weighted by Crippen LogP contribution is -2.74. The summed E-state index contributed by atoms with van der Waals surface area (Å²) in [7, 11) is -3.20. The molecule has 11 heteroatoms. The third-order valence-electron chi connectivity index (χ3n) is 15.0. The van der Waals surface area contributed by atoms with Gasteiger partial charge in [0.2, 0.25) is 0 Å². The lowest BCUT2D eigenvalue weighted by atomic mass is 10.1. The minimum absolute atomic E-state index is 0.0820. The summed E-state index contributed by atoms with van der Waals surface area (Å²) in [6.45, 7) is 4.76. The Morgan fingerprint density at radius 2 is 0.697 bits per heavy atom. The van der Waals surface area contributed by atoms with E-state index in [1.807, 2.05) is 103 Å². The van der Waals surface area contributed by atoms with Gasteiger partial charge in [0, 0.05) is 111 Å². The fraction of sp³-hybridized carbons (Fsp3) is 0.0769. The van der Waals surface area contributed by atoms with E-state index in [2.05, 4.69) is 178 Å². The van der Waals surface area contributed by atoms with Crippen LogP contribution in [0.25, 0.3) is 44.2 Å². The van der Waals surface area contributed by atoms with Crippen LogP contribution in [0.1, 0.15) is 82.0 Å². The number of hydrogen-bond acceptors (Lipinski definition) is 9. The summed E-state index contributed by atoms with van der Waals surface area (Å²) in [4.78, 5) is 53.3. The summed E-state index contributed by atoms with van der Waals surface area (Å²) in [5.41, 5.74) is 14.5. The van der Waals surface area contributed by atoms with Gasteiger partial charge in [-0.1, -0.05) is 180 Å². The highest BCUT2D eigenvalue weighted by Gasteiger charge is 2.41. The fourth-order valence-electron chi connectivity index (χ4n) is 10.8. The number of carbonyl (C=O) groups is 3. The zero-order valence-electron chi connectivity index (χ0n) is 48.9. The van der Waals surface area contributed by atoms with Crippen molar-refractivity contribution in [3.05, 3.63) is 292 Å². The monoisotopic (exact) mass is 1220 g/mol. The molecule has 426 valence electrons. The first-order valence-electron chi connectivity index (χ1n) is 28.8. The number of imidazole rings is 1. The standard InChI is InChI=1S/C78H54N4O3S3Si/c1-53(83)86-50-64-12-4-9-61(47-64)22-19-58-29-39-69(40-30-58)89(70-41-31-59(32-42-70)20-23-62-10-5-13-65(48-62)51-87-54(2)84,71-43-33-60(34-44-71)21-24-63-11-6-14-66(49-63)52-88-55(3)85)68-37-27-57(28-38-68)18-17-56-25-35-67(36-26-56)78-81-76-72-15-7-45-79-74(72)75-73(77(76)82-78)16-8-46-80-75/h4-16,25-49H,50-52H2,1-3H3,(H,81,82). The van der Waals surface area contributed by atoms with Crippen LogP contribution >= 0.6 is 35.3 Å². The largest absolute Gasteiger partial charge is 0.337 e. The molecule has 3 aromatic heterocycles. The predicted molar refractivity (Wildman–Crippen MR) is 371 cm³/mol. The molecule has 0 bridgehead atoms. The molecule has 0 aliphatic heterocycles. The third-order valence-corrected chi connectivity index (χ3v) is 22.5. The molecule has 89 heavy (non-hydrogen) atoms. The highest BCUT2D eigenvalue weighted by atomic mass is 32.2. The molecule has 0 unspecified atom stereocenters. The Morgan fingerprint density at radius 3 is 1.06 bits per heavy atom. The molecule has 0 radical (unpaired) electrons. The number of aromatic nitrogens is 4. The van der Waals surface area contributed by atoms with Crippen molar-refractivity contribution in [3.63, 3.8) is 0 Å². The van der Waals surface area contributed by atoms with Crippen molar-refractivity contribution < 1.29 is 14.4 Å². The molecule has 0 saturated heterocycles. The van der Waals surface area contributed by atoms with Crippen LogP contribution in [0.2, 0.25) is 0 Å². The summed E-state index contributed by atoms with van der Waals surface area (Å²) in [6, 6.07) is 75.1. The van der Waals surface area contributed by atoms with Gasteiger partial charge in [0.15, 0.2) is 23.4 Å². The van der Waals surface area contributed by atoms with E-state index >= 15 is 0 Å². The van der Waals surface area contributed by atoms with Crippen LogP contribution < -0.4 is 20.7 Å². The smallest absolute Gasteiger partial charge is 0.186 e. The van der Waals surface area contributed by atoms with Crippen LogP contribution in [0.3, 0.4) is 0 Å². The molecule has 7 nitrogen and oxygen atoms in total. The average molecular weight is 1220 g/mol. The number of rotatable bonds is 11. The van der Waals surface area contributed by atoms with Crippen LogP contribution in [0, 0.1) is 47.4 Å². The second-order valence-electron chi connectivity index (χ2n) is 21.2. The maximum absolute atomic E-state index is 11.7. The Labute approximate surface area is 531 Å². The molecular weight excluding hydrogens is 1170 g/mol. The maximum Gasteiger partial charge on any atom is 0.186 e. The quantitative estimate of drug-likeness (QED) is 0.0586. The van der Waals surface area contributed by atoms with Gasteiger partial charge < -0.3 is 4.98 Å². The lowest BCUT2D eigenvalue weighted by molar-refractivity contribution is -0.109. The number of fused-ring (bicyclic) bond motifs is 6. The molecule has 0 saturated carbocycles. The van der Waals surface area contributed by atoms with E-state index in [-0.39, 0.29) is 15.3 Å². The molecule has 0 atom stereocenters. The Hall–Kier alpha value is -10.2. The number of carbonyl (C=O) groups excluding carboxylic acids is 3. The Morgan fingerprint density at radius 1 is 0.371 bits per heavy atom. The normalized spacial score (nSPS) is 10.9. The van der Waals surface area contributed by atoms with Crippen molar-refractivity contribution in [2.75, 3.05) is 0 Å². The van der Waals surface area contributed by atoms with Crippen LogP contribution in [0.15, 0.2) is 231 Å². The van der Waals surface area contributed by atoms with E-state index in [1.165, 1.54) is 35.3 Å². The number of nitrogens with one attached hydrogen (secondary N) is 1. The van der Waals surface area contributed by atoms with Crippen molar-refractivity contribution in [2.45, 2.75) is 38.0 Å². The minimum atomic E-state index is -3.20. The van der Waals surface area contributed by atoms with E-state index in [4.69, 9.17) is 4.98 Å². The highest BCUT2D eigenvalue weighted by molar-refractivity contribution is 8.13. The van der Waals surface area contributed by atoms with Crippen molar-refractivity contribution in [3.8, 4) is 58.8 Å². The number of H-pyrrole nitrogens is 1. The molecule has 12 aromatic rings.